The van der Waals surface area contributed by atoms with Gasteiger partial charge in [-0.2, -0.15) is 0 Å². The van der Waals surface area contributed by atoms with Crippen molar-refractivity contribution in [3.63, 3.8) is 0 Å². The molecule has 5 heteroatoms. The first-order valence-electron chi connectivity index (χ1n) is 48.3. The highest BCUT2D eigenvalue weighted by molar-refractivity contribution is 7.00. The molecule has 0 radical (unpaired) electrons. The number of hydrogen-bond donors (Lipinski definition) is 0. The molecule has 0 saturated carbocycles. The number of rotatable bonds is 9. The Hall–Kier alpha value is -10.9. The first-order valence-corrected chi connectivity index (χ1v) is 43.3. The summed E-state index contributed by atoms with van der Waals surface area (Å²) in [4.78, 5) is 4.95. The number of anilines is 6. The molecule has 13 aromatic carbocycles. The van der Waals surface area contributed by atoms with E-state index < -0.39 is 29.3 Å². The van der Waals surface area contributed by atoms with Gasteiger partial charge in [0.2, 0.25) is 0 Å². The number of aromatic nitrogens is 2. The highest BCUT2D eigenvalue weighted by atomic mass is 15.2. The minimum atomic E-state index is -2.10. The Morgan fingerprint density at radius 2 is 0.575 bits per heavy atom. The van der Waals surface area contributed by atoms with Crippen LogP contribution in [-0.4, -0.2) is 15.8 Å². The van der Waals surface area contributed by atoms with Crippen molar-refractivity contribution >= 4 is 101 Å². The molecule has 0 amide bonds. The highest BCUT2D eigenvalue weighted by Gasteiger charge is 2.47. The van der Waals surface area contributed by atoms with E-state index in [2.05, 4.69) is 391 Å². The van der Waals surface area contributed by atoms with Crippen LogP contribution in [-0.2, 0) is 49.7 Å². The monoisotopic (exact) mass is 1580 g/mol. The van der Waals surface area contributed by atoms with Gasteiger partial charge in [0, 0.05) is 80.7 Å². The molecule has 2 aliphatic heterocycles. The number of benzene rings is 13. The minimum Gasteiger partial charge on any atom is -0.310 e. The largest absolute Gasteiger partial charge is 0.310 e. The Labute approximate surface area is 731 Å². The third-order valence-corrected chi connectivity index (χ3v) is 25.2. The average molecular weight is 1580 g/mol. The molecule has 120 heavy (non-hydrogen) atoms. The third kappa shape index (κ3) is 14.5. The van der Waals surface area contributed by atoms with Gasteiger partial charge in [0.15, 0.2) is 0 Å². The second-order valence-corrected chi connectivity index (χ2v) is 43.6. The zero-order valence-electron chi connectivity index (χ0n) is 86.0. The van der Waals surface area contributed by atoms with Gasteiger partial charge in [-0.3, -0.25) is 0 Å². The fraction of sp³-hybridized carbons (Fsp3) is 0.322. The summed E-state index contributed by atoms with van der Waals surface area (Å²) < 4.78 is 105. The molecule has 0 fully saturated rings. The maximum atomic E-state index is 11.2. The summed E-state index contributed by atoms with van der Waals surface area (Å²) >= 11 is 0. The molecule has 4 heterocycles. The normalized spacial score (nSPS) is 15.1. The van der Waals surface area contributed by atoms with Gasteiger partial charge in [-0.15, -0.1) is 0 Å². The van der Waals surface area contributed by atoms with Gasteiger partial charge >= 0.3 is 0 Å². The predicted molar refractivity (Wildman–Crippen MR) is 524 cm³/mol. The summed E-state index contributed by atoms with van der Waals surface area (Å²) in [6.45, 7) is 59.2. The molecule has 2 aliphatic rings. The summed E-state index contributed by atoms with van der Waals surface area (Å²) in [5.74, 6) is 0. The van der Waals surface area contributed by atoms with Crippen LogP contribution in [0.25, 0.3) is 99.5 Å². The fourth-order valence-corrected chi connectivity index (χ4v) is 18.3. The van der Waals surface area contributed by atoms with Crippen molar-refractivity contribution < 1.29 is 13.7 Å². The lowest BCUT2D eigenvalue weighted by atomic mass is 9.33. The number of nitrogens with zero attached hydrogens (tertiary/aromatic N) is 4. The van der Waals surface area contributed by atoms with E-state index in [-0.39, 0.29) is 80.8 Å². The van der Waals surface area contributed by atoms with Crippen LogP contribution in [0.3, 0.4) is 0 Å². The number of hydrogen-bond acceptors (Lipinski definition) is 2. The van der Waals surface area contributed by atoms with Gasteiger partial charge in [-0.05, 0) is 241 Å². The van der Waals surface area contributed by atoms with Crippen molar-refractivity contribution in [2.45, 2.75) is 237 Å². The molecule has 0 atom stereocenters. The van der Waals surface area contributed by atoms with E-state index in [4.69, 9.17) is 0 Å². The Kier molecular flexibility index (Phi) is 16.5. The summed E-state index contributed by atoms with van der Waals surface area (Å²) in [6, 6.07) is 74.0. The zero-order chi connectivity index (χ0) is 94.3. The molecule has 608 valence electrons. The second-order valence-electron chi connectivity index (χ2n) is 43.6. The standard InChI is InChI=1S/C115H125BN4/c1-107(2,3)70-71-56-102-104-103(57-71)120(106-90(74-38-34-42-78(60-74)110(10,11)12)66-83(115(25,26)27)67-91(106)75-39-35-43-79(61-75)111(13,14)15)101-69-85(118-97-47-31-29-45-87(97)93-63-81(113(19,20)21)49-55-99(93)118)51-53-95(101)116(104)94-52-50-84(117-96-46-30-28-44-86(96)92-62-80(112(16,17)18)48-54-98(92)117)68-100(94)119(102)105-88(72-36-32-40-76(58-72)108(4,5)6)64-82(114(22,23)24)65-89(105)73-37-33-41-77(59-73)109(7,8)9/h28-69H,70H2,1-27H3/i28D,29D,30D,31D,44D,45D,46D,47D,70D2. The van der Waals surface area contributed by atoms with Crippen LogP contribution in [0.15, 0.2) is 255 Å². The molecule has 0 spiro atoms. The van der Waals surface area contributed by atoms with Gasteiger partial charge in [-0.1, -0.05) is 345 Å². The first kappa shape index (κ1) is 69.9. The van der Waals surface area contributed by atoms with Crippen LogP contribution < -0.4 is 26.2 Å². The molecule has 17 rings (SSSR count). The summed E-state index contributed by atoms with van der Waals surface area (Å²) in [6.07, 6.45) is -2.10. The van der Waals surface area contributed by atoms with Crippen LogP contribution in [0, 0.1) is 5.41 Å². The molecule has 0 unspecified atom stereocenters. The van der Waals surface area contributed by atoms with Crippen molar-refractivity contribution in [3.05, 3.63) is 305 Å². The van der Waals surface area contributed by atoms with Gasteiger partial charge < -0.3 is 18.9 Å². The molecule has 4 nitrogen and oxygen atoms in total. The molecule has 0 bridgehead atoms. The Morgan fingerprint density at radius 3 is 0.875 bits per heavy atom. The minimum absolute atomic E-state index is 0.127. The van der Waals surface area contributed by atoms with Crippen LogP contribution >= 0.6 is 0 Å². The highest BCUT2D eigenvalue weighted by Crippen LogP contribution is 2.57. The average Bonchev–Trinajstić information content (AvgIpc) is 0.734. The predicted octanol–water partition coefficient (Wildman–Crippen LogP) is 30.6. The lowest BCUT2D eigenvalue weighted by molar-refractivity contribution is 0.411. The third-order valence-electron chi connectivity index (χ3n) is 25.2. The summed E-state index contributed by atoms with van der Waals surface area (Å²) in [5.41, 5.74) is 24.0. The lowest BCUT2D eigenvalue weighted by Gasteiger charge is -2.46. The van der Waals surface area contributed by atoms with E-state index in [0.717, 1.165) is 140 Å². The lowest BCUT2D eigenvalue weighted by Crippen LogP contribution is -2.61. The van der Waals surface area contributed by atoms with E-state index >= 15 is 0 Å². The van der Waals surface area contributed by atoms with Crippen molar-refractivity contribution in [2.24, 2.45) is 5.41 Å². The second kappa shape index (κ2) is 28.4. The van der Waals surface area contributed by atoms with E-state index in [0.29, 0.717) is 60.5 Å². The van der Waals surface area contributed by atoms with Crippen molar-refractivity contribution in [2.75, 3.05) is 9.80 Å². The Balaban J connectivity index is 1.15. The van der Waals surface area contributed by atoms with Crippen molar-refractivity contribution in [1.82, 2.24) is 9.13 Å². The molecular formula is C115H125BN4. The molecule has 2 aromatic heterocycles. The van der Waals surface area contributed by atoms with Crippen LogP contribution in [0.4, 0.5) is 34.1 Å². The van der Waals surface area contributed by atoms with Gasteiger partial charge in [0.25, 0.3) is 6.71 Å². The first-order chi connectivity index (χ1) is 60.3. The number of para-hydroxylation sites is 2. The smallest absolute Gasteiger partial charge is 0.252 e. The maximum absolute atomic E-state index is 11.2. The SMILES string of the molecule is [2H]c1c([2H])c([2H])c2c(c1[2H])c1cc(C(C)(C)C)ccc1n2-c1ccc2c(c1)N(c1c(-c3cccc(C(C)(C)C)c3)cc(C(C)(C)C)cc1-c1cccc(C(C)(C)C)c1)c1cc(C([2H])([2H])C(C)(C)C)cc3c1B2c1ccc(-n2c4ccc(C(C)(C)C)cc4c4c([2H])c([2H])c([2H])c([2H])c42)cc1N3c1c(-c2cccc(C(C)(C)C)c2)cc(C(C)(C)C)cc1-c1cccc(C(C)(C)C)c1. The van der Waals surface area contributed by atoms with Gasteiger partial charge in [-0.25, -0.2) is 0 Å². The van der Waals surface area contributed by atoms with E-state index in [9.17, 15) is 13.7 Å². The van der Waals surface area contributed by atoms with Crippen LogP contribution in [0.2, 0.25) is 0 Å². The van der Waals surface area contributed by atoms with Crippen molar-refractivity contribution in [3.8, 4) is 55.9 Å². The van der Waals surface area contributed by atoms with Gasteiger partial charge in [0.1, 0.15) is 0 Å². The molecule has 0 aliphatic carbocycles. The van der Waals surface area contributed by atoms with E-state index in [1.165, 1.54) is 0 Å². The zero-order valence-corrected chi connectivity index (χ0v) is 76.0. The molecule has 0 N–H and O–H groups in total. The molecular weight excluding hydrogens is 1450 g/mol. The fourth-order valence-electron chi connectivity index (χ4n) is 18.3. The number of fused-ring (bicyclic) bond motifs is 10. The van der Waals surface area contributed by atoms with Gasteiger partial charge in [0.05, 0.1) is 44.4 Å². The van der Waals surface area contributed by atoms with Crippen LogP contribution in [0.5, 0.6) is 0 Å². The van der Waals surface area contributed by atoms with Crippen LogP contribution in [0.1, 0.15) is 251 Å². The van der Waals surface area contributed by atoms with Crippen molar-refractivity contribution in [1.29, 1.82) is 0 Å². The maximum Gasteiger partial charge on any atom is 0.252 e. The summed E-state index contributed by atoms with van der Waals surface area (Å²) in [5, 5.41) is 2.23. The Morgan fingerprint density at radius 1 is 0.275 bits per heavy atom. The van der Waals surface area contributed by atoms with E-state index in [1.807, 2.05) is 20.8 Å². The molecule has 0 saturated heterocycles. The Bertz CT molecular complexity index is 6680. The summed E-state index contributed by atoms with van der Waals surface area (Å²) in [7, 11) is 0. The molecule has 15 aromatic rings. The topological polar surface area (TPSA) is 16.3 Å². The quantitative estimate of drug-likeness (QED) is 0.134. The van der Waals surface area contributed by atoms with E-state index in [1.54, 1.807) is 0 Å².